The molecule has 0 aliphatic carbocycles. The van der Waals surface area contributed by atoms with Gasteiger partial charge in [0.2, 0.25) is 0 Å². The van der Waals surface area contributed by atoms with Crippen molar-refractivity contribution in [2.45, 2.75) is 0 Å². The van der Waals surface area contributed by atoms with Gasteiger partial charge in [-0.15, -0.1) is 0 Å². The monoisotopic (exact) mass is 928 g/mol. The van der Waals surface area contributed by atoms with Gasteiger partial charge in [0, 0.05) is 71.2 Å². The lowest BCUT2D eigenvalue weighted by Gasteiger charge is -2.38. The maximum Gasteiger partial charge on any atom is 0.175 e. The molecule has 8 heteroatoms. The van der Waals surface area contributed by atoms with Crippen molar-refractivity contribution in [3.63, 3.8) is 0 Å². The topological polar surface area (TPSA) is 68.8 Å². The Morgan fingerprint density at radius 3 is 1.03 bits per heavy atom. The summed E-state index contributed by atoms with van der Waals surface area (Å²) in [6.07, 6.45) is 0. The second-order valence-electron chi connectivity index (χ2n) is 18.0. The van der Waals surface area contributed by atoms with Crippen molar-refractivity contribution in [3.05, 3.63) is 249 Å². The van der Waals surface area contributed by atoms with Gasteiger partial charge in [-0.1, -0.05) is 164 Å². The van der Waals surface area contributed by atoms with E-state index in [4.69, 9.17) is 15.0 Å². The fourth-order valence-corrected chi connectivity index (χ4v) is 13.8. The first kappa shape index (κ1) is 40.9. The molecule has 14 rings (SSSR count). The summed E-state index contributed by atoms with van der Waals surface area (Å²) in [5, 5.41) is 6.96. The number of para-hydroxylation sites is 4. The number of hydrogen-bond acceptors (Lipinski definition) is 5. The summed E-state index contributed by atoms with van der Waals surface area (Å²) < 4.78 is 21.8. The first-order valence-electron chi connectivity index (χ1n) is 23.8. The molecule has 0 N–H and O–H groups in total. The molecule has 13 aromatic rings. The lowest BCUT2D eigenvalue weighted by molar-refractivity contribution is 0.592. The van der Waals surface area contributed by atoms with E-state index in [9.17, 15) is 0 Å². The molecular formula is C63H41N6OP. The Kier molecular flexibility index (Phi) is 9.34. The third-order valence-electron chi connectivity index (χ3n) is 14.0. The van der Waals surface area contributed by atoms with Crippen LogP contribution >= 0.6 is 7.14 Å². The van der Waals surface area contributed by atoms with Crippen LogP contribution in [0.5, 0.6) is 0 Å². The highest BCUT2D eigenvalue weighted by molar-refractivity contribution is 7.86. The van der Waals surface area contributed by atoms with Gasteiger partial charge in [-0.25, -0.2) is 15.0 Å². The average Bonchev–Trinajstić information content (AvgIpc) is 3.97. The average molecular weight is 929 g/mol. The molecule has 0 radical (unpaired) electrons. The van der Waals surface area contributed by atoms with Crippen molar-refractivity contribution in [1.82, 2.24) is 24.1 Å². The Morgan fingerprint density at radius 1 is 0.310 bits per heavy atom. The first-order chi connectivity index (χ1) is 35.1. The minimum absolute atomic E-state index is 0.573. The highest BCUT2D eigenvalue weighted by Gasteiger charge is 2.42. The second kappa shape index (κ2) is 16.2. The van der Waals surface area contributed by atoms with Crippen molar-refractivity contribution in [2.24, 2.45) is 0 Å². The molecule has 1 aliphatic heterocycles. The van der Waals surface area contributed by atoms with E-state index in [1.54, 1.807) is 0 Å². The van der Waals surface area contributed by atoms with Crippen molar-refractivity contribution < 1.29 is 4.57 Å². The zero-order valence-electron chi connectivity index (χ0n) is 38.2. The Labute approximate surface area is 409 Å². The molecular weight excluding hydrogens is 888 g/mol. The fourth-order valence-electron chi connectivity index (χ4n) is 10.7. The summed E-state index contributed by atoms with van der Waals surface area (Å²) >= 11 is 0. The molecule has 0 amide bonds. The van der Waals surface area contributed by atoms with Gasteiger partial charge in [-0.3, -0.25) is 0 Å². The van der Waals surface area contributed by atoms with Gasteiger partial charge in [0.05, 0.1) is 33.4 Å². The van der Waals surface area contributed by atoms with Gasteiger partial charge in [0.1, 0.15) is 0 Å². The first-order valence-corrected chi connectivity index (χ1v) is 25.5. The molecule has 0 saturated carbocycles. The van der Waals surface area contributed by atoms with Gasteiger partial charge >= 0.3 is 0 Å². The predicted molar refractivity (Wildman–Crippen MR) is 292 cm³/mol. The van der Waals surface area contributed by atoms with Crippen LogP contribution in [-0.2, 0) is 4.57 Å². The number of anilines is 3. The van der Waals surface area contributed by atoms with Gasteiger partial charge in [-0.05, 0) is 84.9 Å². The summed E-state index contributed by atoms with van der Waals surface area (Å²) in [4.78, 5) is 17.3. The Balaban J connectivity index is 1.01. The van der Waals surface area contributed by atoms with Crippen LogP contribution in [0.15, 0.2) is 249 Å². The zero-order chi connectivity index (χ0) is 47.0. The molecule has 71 heavy (non-hydrogen) atoms. The number of hydrogen-bond donors (Lipinski definition) is 0. The van der Waals surface area contributed by atoms with E-state index >= 15 is 4.57 Å². The lowest BCUT2D eigenvalue weighted by Crippen LogP contribution is -2.37. The summed E-state index contributed by atoms with van der Waals surface area (Å²) in [5.74, 6) is 1.78. The molecule has 3 aromatic heterocycles. The highest BCUT2D eigenvalue weighted by Crippen LogP contribution is 2.55. The number of rotatable bonds is 7. The Morgan fingerprint density at radius 2 is 0.634 bits per heavy atom. The van der Waals surface area contributed by atoms with E-state index in [0.717, 1.165) is 83.1 Å². The van der Waals surface area contributed by atoms with Crippen LogP contribution in [0, 0.1) is 0 Å². The summed E-state index contributed by atoms with van der Waals surface area (Å²) in [6.45, 7) is 0. The molecule has 7 nitrogen and oxygen atoms in total. The van der Waals surface area contributed by atoms with E-state index in [2.05, 4.69) is 172 Å². The summed E-state index contributed by atoms with van der Waals surface area (Å²) in [5.41, 5.74) is 11.5. The van der Waals surface area contributed by atoms with Crippen LogP contribution in [0.1, 0.15) is 0 Å². The van der Waals surface area contributed by atoms with E-state index < -0.39 is 7.14 Å². The Hall–Kier alpha value is -9.16. The van der Waals surface area contributed by atoms with Crippen LogP contribution in [-0.4, -0.2) is 24.1 Å². The molecule has 0 spiro atoms. The second-order valence-corrected chi connectivity index (χ2v) is 20.6. The normalized spacial score (nSPS) is 12.9. The SMILES string of the molecule is O=P1(c2ccccc2)c2cc(-n3c4ccccc4c4ccccc43)ccc2N(c2ccc(-c3nc(-c4ccccc4)nc(-c4ccccc4)n3)cc2)c2ccc(-n3c4ccccc4c4ccccc43)cc21. The van der Waals surface area contributed by atoms with Crippen LogP contribution < -0.4 is 20.8 Å². The van der Waals surface area contributed by atoms with Gasteiger partial charge in [0.15, 0.2) is 24.6 Å². The molecule has 334 valence electrons. The van der Waals surface area contributed by atoms with E-state index in [1.165, 1.54) is 21.5 Å². The van der Waals surface area contributed by atoms with E-state index in [0.29, 0.717) is 17.5 Å². The molecule has 10 aromatic carbocycles. The minimum atomic E-state index is -3.62. The van der Waals surface area contributed by atoms with Gasteiger partial charge < -0.3 is 18.6 Å². The molecule has 0 unspecified atom stereocenters. The minimum Gasteiger partial charge on any atom is -0.309 e. The van der Waals surface area contributed by atoms with Crippen LogP contribution in [0.25, 0.3) is 89.2 Å². The number of nitrogens with zero attached hydrogens (tertiary/aromatic N) is 6. The van der Waals surface area contributed by atoms with E-state index in [1.807, 2.05) is 91.0 Å². The largest absolute Gasteiger partial charge is 0.309 e. The van der Waals surface area contributed by atoms with Crippen LogP contribution in [0.3, 0.4) is 0 Å². The van der Waals surface area contributed by atoms with Gasteiger partial charge in [0.25, 0.3) is 0 Å². The van der Waals surface area contributed by atoms with Crippen molar-refractivity contribution in [1.29, 1.82) is 0 Å². The molecule has 1 aliphatic rings. The number of fused-ring (bicyclic) bond motifs is 8. The van der Waals surface area contributed by atoms with Crippen LogP contribution in [0.2, 0.25) is 0 Å². The van der Waals surface area contributed by atoms with Crippen molar-refractivity contribution in [3.8, 4) is 45.5 Å². The van der Waals surface area contributed by atoms with Crippen LogP contribution in [0.4, 0.5) is 17.1 Å². The van der Waals surface area contributed by atoms with E-state index in [-0.39, 0.29) is 0 Å². The molecule has 0 saturated heterocycles. The number of benzene rings is 10. The smallest absolute Gasteiger partial charge is 0.175 e. The standard InChI is InChI=1S/C63H41N6OP/c70-71(48-22-8-3-9-23-48)59-40-46(68-53-28-14-10-24-49(53)50-25-11-15-29-54(50)68)36-38-57(59)67(58-39-37-47(41-60(58)71)69-55-30-16-12-26-51(55)52-27-13-17-31-56(52)69)45-34-32-44(33-35-45)63-65-61(42-18-4-1-5-19-42)64-62(66-63)43-20-6-2-7-21-43/h1-41H. The third kappa shape index (κ3) is 6.44. The Bertz CT molecular complexity index is 3930. The van der Waals surface area contributed by atoms with Crippen molar-refractivity contribution in [2.75, 3.05) is 4.90 Å². The van der Waals surface area contributed by atoms with Gasteiger partial charge in [-0.2, -0.15) is 0 Å². The molecule has 0 bridgehead atoms. The maximum atomic E-state index is 17.2. The third-order valence-corrected chi connectivity index (χ3v) is 17.1. The van der Waals surface area contributed by atoms with Crippen molar-refractivity contribution >= 4 is 83.7 Å². The molecule has 0 fully saturated rings. The highest BCUT2D eigenvalue weighted by atomic mass is 31.2. The zero-order valence-corrected chi connectivity index (χ0v) is 39.1. The molecule has 0 atom stereocenters. The number of aromatic nitrogens is 5. The lowest BCUT2D eigenvalue weighted by atomic mass is 10.1. The predicted octanol–water partition coefficient (Wildman–Crippen LogP) is 14.5. The summed E-state index contributed by atoms with van der Waals surface area (Å²) in [6, 6.07) is 85.7. The quantitative estimate of drug-likeness (QED) is 0.149. The fraction of sp³-hybridized carbons (Fsp3) is 0. The maximum absolute atomic E-state index is 17.2. The summed E-state index contributed by atoms with van der Waals surface area (Å²) in [7, 11) is -3.62. The molecule has 4 heterocycles.